The fourth-order valence-electron chi connectivity index (χ4n) is 2.81. The van der Waals surface area contributed by atoms with Gasteiger partial charge < -0.3 is 10.6 Å². The molecule has 0 atom stereocenters. The third-order valence-electron chi connectivity index (χ3n) is 4.17. The number of nitrogens with zero attached hydrogens (tertiary/aromatic N) is 1. The van der Waals surface area contributed by atoms with Crippen LogP contribution < -0.4 is 15.4 Å². The summed E-state index contributed by atoms with van der Waals surface area (Å²) in [6.45, 7) is 2.81. The van der Waals surface area contributed by atoms with Crippen molar-refractivity contribution >= 4 is 21.8 Å². The Balaban J connectivity index is 1.46. The zero-order chi connectivity index (χ0) is 17.7. The van der Waals surface area contributed by atoms with Crippen molar-refractivity contribution in [1.29, 1.82) is 0 Å². The molecule has 1 amide bonds. The molecule has 134 valence electrons. The Hall–Kier alpha value is -2.19. The molecule has 0 radical (unpaired) electrons. The molecule has 2 heterocycles. The average Bonchev–Trinajstić information content (AvgIpc) is 2.89. The first-order valence-electron chi connectivity index (χ1n) is 8.38. The maximum atomic E-state index is 12.0. The van der Waals surface area contributed by atoms with E-state index in [0.717, 1.165) is 19.5 Å². The number of sulfonamides is 1. The van der Waals surface area contributed by atoms with Gasteiger partial charge in [0.15, 0.2) is 0 Å². The zero-order valence-corrected chi connectivity index (χ0v) is 14.7. The van der Waals surface area contributed by atoms with Gasteiger partial charge >= 0.3 is 0 Å². The van der Waals surface area contributed by atoms with Crippen LogP contribution in [0.4, 0.5) is 0 Å². The molecule has 0 saturated heterocycles. The first kappa shape index (κ1) is 17.6. The number of carbonyl (C=O) groups is 1. The number of benzene rings is 1. The maximum absolute atomic E-state index is 12.0. The van der Waals surface area contributed by atoms with Crippen LogP contribution in [0.5, 0.6) is 0 Å². The smallest absolute Gasteiger partial charge is 0.263 e. The van der Waals surface area contributed by atoms with Crippen LogP contribution in [0.25, 0.3) is 0 Å². The van der Waals surface area contributed by atoms with E-state index in [1.54, 1.807) is 24.3 Å². The third-order valence-corrected chi connectivity index (χ3v) is 5.56. The van der Waals surface area contributed by atoms with Gasteiger partial charge in [-0.05, 0) is 31.5 Å². The first-order chi connectivity index (χ1) is 12.1. The molecule has 0 bridgehead atoms. The normalized spacial score (nSPS) is 19.8. The Morgan fingerprint density at radius 1 is 1.28 bits per heavy atom. The molecule has 1 aromatic rings. The van der Waals surface area contributed by atoms with E-state index >= 15 is 0 Å². The van der Waals surface area contributed by atoms with Crippen LogP contribution in [0.15, 0.2) is 45.8 Å². The maximum Gasteiger partial charge on any atom is 0.263 e. The molecule has 1 aromatic carbocycles. The number of aliphatic imine (C=N–C) groups is 1. The molecule has 8 heteroatoms. The highest BCUT2D eigenvalue weighted by molar-refractivity contribution is 7.90. The summed E-state index contributed by atoms with van der Waals surface area (Å²) in [6.07, 6.45) is 4.02. The number of nitrogens with one attached hydrogen (secondary N) is 3. The Morgan fingerprint density at radius 2 is 2.12 bits per heavy atom. The van der Waals surface area contributed by atoms with Crippen molar-refractivity contribution in [1.82, 2.24) is 15.4 Å². The lowest BCUT2D eigenvalue weighted by atomic mass is 10.1. The van der Waals surface area contributed by atoms with Crippen LogP contribution in [0, 0.1) is 0 Å². The van der Waals surface area contributed by atoms with Crippen LogP contribution in [0.3, 0.4) is 0 Å². The highest BCUT2D eigenvalue weighted by Gasteiger charge is 2.29. The predicted octanol–water partition coefficient (Wildman–Crippen LogP) is 0.541. The summed E-state index contributed by atoms with van der Waals surface area (Å²) in [5, 5.41) is 6.15. The number of amidine groups is 1. The summed E-state index contributed by atoms with van der Waals surface area (Å²) in [7, 11) is -3.50. The van der Waals surface area contributed by atoms with Crippen LogP contribution in [-0.4, -0.2) is 46.3 Å². The summed E-state index contributed by atoms with van der Waals surface area (Å²) in [5.41, 5.74) is 1.84. The van der Waals surface area contributed by atoms with Crippen molar-refractivity contribution in [3.8, 4) is 0 Å². The lowest BCUT2D eigenvalue weighted by Crippen LogP contribution is -2.29. The van der Waals surface area contributed by atoms with Gasteiger partial charge in [0.1, 0.15) is 5.84 Å². The van der Waals surface area contributed by atoms with Crippen molar-refractivity contribution in [2.24, 2.45) is 4.99 Å². The van der Waals surface area contributed by atoms with E-state index in [4.69, 9.17) is 0 Å². The second kappa shape index (κ2) is 7.79. The SMILES string of the molecule is O=C(CCCN=C1NS(=O)(=O)c2ccccc21)NCC1=CCNCC1. The van der Waals surface area contributed by atoms with E-state index < -0.39 is 10.0 Å². The van der Waals surface area contributed by atoms with Crippen LogP contribution in [-0.2, 0) is 14.8 Å². The van der Waals surface area contributed by atoms with Crippen molar-refractivity contribution in [3.63, 3.8) is 0 Å². The predicted molar refractivity (Wildman–Crippen MR) is 96.0 cm³/mol. The van der Waals surface area contributed by atoms with Crippen LogP contribution in [0.1, 0.15) is 24.8 Å². The Bertz CT molecular complexity index is 815. The number of hydrogen-bond donors (Lipinski definition) is 3. The van der Waals surface area contributed by atoms with E-state index in [-0.39, 0.29) is 10.8 Å². The third kappa shape index (κ3) is 4.46. The molecular weight excluding hydrogens is 340 g/mol. The summed E-state index contributed by atoms with van der Waals surface area (Å²) in [6, 6.07) is 6.75. The highest BCUT2D eigenvalue weighted by Crippen LogP contribution is 2.22. The molecule has 0 fully saturated rings. The van der Waals surface area contributed by atoms with Gasteiger partial charge in [0.05, 0.1) is 4.90 Å². The minimum Gasteiger partial charge on any atom is -0.352 e. The van der Waals surface area contributed by atoms with Gasteiger partial charge in [-0.3, -0.25) is 14.5 Å². The molecule has 7 nitrogen and oxygen atoms in total. The van der Waals surface area contributed by atoms with Crippen molar-refractivity contribution in [2.75, 3.05) is 26.2 Å². The molecule has 25 heavy (non-hydrogen) atoms. The fraction of sp³-hybridized carbons (Fsp3) is 0.412. The zero-order valence-electron chi connectivity index (χ0n) is 13.9. The largest absolute Gasteiger partial charge is 0.352 e. The van der Waals surface area contributed by atoms with Gasteiger partial charge in [0.2, 0.25) is 5.91 Å². The van der Waals surface area contributed by atoms with Gasteiger partial charge in [0.25, 0.3) is 10.0 Å². The van der Waals surface area contributed by atoms with E-state index in [9.17, 15) is 13.2 Å². The Morgan fingerprint density at radius 3 is 2.92 bits per heavy atom. The quantitative estimate of drug-likeness (QED) is 0.508. The number of fused-ring (bicyclic) bond motifs is 1. The second-order valence-electron chi connectivity index (χ2n) is 6.03. The Labute approximate surface area is 147 Å². The number of amides is 1. The van der Waals surface area contributed by atoms with E-state index in [1.807, 2.05) is 0 Å². The number of rotatable bonds is 6. The van der Waals surface area contributed by atoms with Gasteiger partial charge in [-0.1, -0.05) is 23.8 Å². The highest BCUT2D eigenvalue weighted by atomic mass is 32.2. The topological polar surface area (TPSA) is 99.7 Å². The lowest BCUT2D eigenvalue weighted by Gasteiger charge is -2.14. The second-order valence-corrected chi connectivity index (χ2v) is 7.68. The minimum atomic E-state index is -3.50. The molecule has 0 aromatic heterocycles. The molecule has 3 rings (SSSR count). The summed E-state index contributed by atoms with van der Waals surface area (Å²) >= 11 is 0. The van der Waals surface area contributed by atoms with Crippen molar-refractivity contribution in [3.05, 3.63) is 41.5 Å². The Kier molecular flexibility index (Phi) is 5.50. The average molecular weight is 362 g/mol. The lowest BCUT2D eigenvalue weighted by molar-refractivity contribution is -0.121. The molecular formula is C17H22N4O3S. The van der Waals surface area contributed by atoms with Gasteiger partial charge in [0, 0.05) is 31.6 Å². The molecule has 0 aliphatic carbocycles. The summed E-state index contributed by atoms with van der Waals surface area (Å²) in [5.74, 6) is 0.350. The van der Waals surface area contributed by atoms with Gasteiger partial charge in [-0.2, -0.15) is 0 Å². The molecule has 2 aliphatic heterocycles. The molecule has 3 N–H and O–H groups in total. The van der Waals surface area contributed by atoms with Gasteiger partial charge in [-0.25, -0.2) is 8.42 Å². The van der Waals surface area contributed by atoms with E-state index in [1.165, 1.54) is 5.57 Å². The number of hydrogen-bond acceptors (Lipinski definition) is 5. The van der Waals surface area contributed by atoms with Crippen LogP contribution in [0.2, 0.25) is 0 Å². The molecule has 0 unspecified atom stereocenters. The first-order valence-corrected chi connectivity index (χ1v) is 9.86. The fourth-order valence-corrected chi connectivity index (χ4v) is 4.06. The molecule has 0 spiro atoms. The van der Waals surface area contributed by atoms with Crippen LogP contribution >= 0.6 is 0 Å². The van der Waals surface area contributed by atoms with Crippen molar-refractivity contribution in [2.45, 2.75) is 24.2 Å². The number of carbonyl (C=O) groups excluding carboxylic acids is 1. The molecule has 0 saturated carbocycles. The minimum absolute atomic E-state index is 0.00737. The summed E-state index contributed by atoms with van der Waals surface area (Å²) < 4.78 is 26.4. The molecule has 2 aliphatic rings. The monoisotopic (exact) mass is 362 g/mol. The van der Waals surface area contributed by atoms with Gasteiger partial charge in [-0.15, -0.1) is 0 Å². The van der Waals surface area contributed by atoms with E-state index in [2.05, 4.69) is 26.4 Å². The standard InChI is InChI=1S/C17H22N4O3S/c22-16(20-12-13-7-10-18-11-8-13)6-3-9-19-17-14-4-1-2-5-15(14)25(23,24)21-17/h1-2,4-5,7,18H,3,6,8-12H2,(H,19,21)(H,20,22). The van der Waals surface area contributed by atoms with Crippen molar-refractivity contribution < 1.29 is 13.2 Å². The van der Waals surface area contributed by atoms with E-state index in [0.29, 0.717) is 37.3 Å². The summed E-state index contributed by atoms with van der Waals surface area (Å²) in [4.78, 5) is 16.4.